The van der Waals surface area contributed by atoms with E-state index in [2.05, 4.69) is 4.85 Å². The maximum Gasteiger partial charge on any atom is 0.415 e. The molecule has 0 saturated heterocycles. The monoisotopic (exact) mass is 325 g/mol. The quantitative estimate of drug-likeness (QED) is 0.607. The highest BCUT2D eigenvalue weighted by molar-refractivity contribution is 6.32. The van der Waals surface area contributed by atoms with Gasteiger partial charge in [0.1, 0.15) is 11.5 Å². The molecule has 0 amide bonds. The van der Waals surface area contributed by atoms with Crippen LogP contribution in [0.1, 0.15) is 18.1 Å². The molecule has 0 fully saturated rings. The van der Waals surface area contributed by atoms with Gasteiger partial charge < -0.3 is 4.74 Å². The molecule has 0 N–H and O–H groups in total. The molecule has 2 aromatic rings. The first-order valence-electron chi connectivity index (χ1n) is 6.39. The molecule has 0 spiro atoms. The molecule has 0 aliphatic heterocycles. The minimum atomic E-state index is -4.55. The largest absolute Gasteiger partial charge is 0.457 e. The van der Waals surface area contributed by atoms with Gasteiger partial charge in [-0.05, 0) is 42.3 Å². The van der Waals surface area contributed by atoms with Crippen molar-refractivity contribution in [2.24, 2.45) is 0 Å². The summed E-state index contributed by atoms with van der Waals surface area (Å²) in [4.78, 5) is 3.04. The average molecular weight is 326 g/mol. The summed E-state index contributed by atoms with van der Waals surface area (Å²) in [6.07, 6.45) is -3.81. The Morgan fingerprint density at radius 1 is 1.18 bits per heavy atom. The van der Waals surface area contributed by atoms with Crippen molar-refractivity contribution in [2.75, 3.05) is 0 Å². The molecule has 6 heteroatoms. The van der Waals surface area contributed by atoms with Gasteiger partial charge >= 0.3 is 6.18 Å². The highest BCUT2D eigenvalue weighted by Crippen LogP contribution is 2.38. The van der Waals surface area contributed by atoms with Gasteiger partial charge in [0.2, 0.25) is 0 Å². The summed E-state index contributed by atoms with van der Waals surface area (Å²) in [5.74, 6) is 0.187. The fraction of sp³-hybridized carbons (Fsp3) is 0.188. The van der Waals surface area contributed by atoms with Crippen LogP contribution in [-0.4, -0.2) is 0 Å². The summed E-state index contributed by atoms with van der Waals surface area (Å²) in [5.41, 5.74) is -0.136. The van der Waals surface area contributed by atoms with E-state index in [4.69, 9.17) is 22.9 Å². The molecule has 22 heavy (non-hydrogen) atoms. The van der Waals surface area contributed by atoms with Gasteiger partial charge in [-0.3, -0.25) is 0 Å². The lowest BCUT2D eigenvalue weighted by Crippen LogP contribution is -2.04. The summed E-state index contributed by atoms with van der Waals surface area (Å²) >= 11 is 6.00. The lowest BCUT2D eigenvalue weighted by atomic mass is 10.1. The zero-order chi connectivity index (χ0) is 16.3. The zero-order valence-corrected chi connectivity index (χ0v) is 12.3. The van der Waals surface area contributed by atoms with Gasteiger partial charge in [0.25, 0.3) is 0 Å². The fourth-order valence-corrected chi connectivity index (χ4v) is 2.00. The Labute approximate surface area is 130 Å². The number of aryl methyl sites for hydroxylation is 1. The van der Waals surface area contributed by atoms with Crippen molar-refractivity contribution >= 4 is 17.3 Å². The van der Waals surface area contributed by atoms with Crippen LogP contribution in [0.3, 0.4) is 0 Å². The Hall–Kier alpha value is -2.19. The van der Waals surface area contributed by atoms with E-state index in [1.807, 2.05) is 13.0 Å². The molecule has 2 nitrogen and oxygen atoms in total. The molecule has 0 aliphatic carbocycles. The number of halogens is 4. The molecule has 0 radical (unpaired) electrons. The molecule has 0 heterocycles. The first kappa shape index (κ1) is 16.2. The van der Waals surface area contributed by atoms with Crippen LogP contribution in [0.15, 0.2) is 36.4 Å². The second kappa shape index (κ2) is 6.29. The molecule has 0 aliphatic rings. The van der Waals surface area contributed by atoms with Crippen molar-refractivity contribution < 1.29 is 17.9 Å². The Kier molecular flexibility index (Phi) is 4.62. The third-order valence-corrected chi connectivity index (χ3v) is 3.29. The van der Waals surface area contributed by atoms with E-state index in [1.165, 1.54) is 6.07 Å². The predicted octanol–water partition coefficient (Wildman–Crippen LogP) is 6.26. The summed E-state index contributed by atoms with van der Waals surface area (Å²) in [6, 6.07) is 7.98. The van der Waals surface area contributed by atoms with E-state index in [9.17, 15) is 13.2 Å². The number of alkyl halides is 3. The third kappa shape index (κ3) is 3.71. The Morgan fingerprint density at radius 2 is 1.91 bits per heavy atom. The van der Waals surface area contributed by atoms with Gasteiger partial charge in [-0.25, -0.2) is 4.85 Å². The minimum absolute atomic E-state index is 0.0732. The molecule has 0 bridgehead atoms. The van der Waals surface area contributed by atoms with Crippen LogP contribution in [0.4, 0.5) is 18.9 Å². The van der Waals surface area contributed by atoms with Crippen LogP contribution in [0, 0.1) is 6.57 Å². The molecule has 0 aromatic heterocycles. The average Bonchev–Trinajstić information content (AvgIpc) is 2.48. The van der Waals surface area contributed by atoms with Gasteiger partial charge in [-0.2, -0.15) is 13.2 Å². The summed E-state index contributed by atoms with van der Waals surface area (Å²) in [6.45, 7) is 8.84. The molecule has 0 unspecified atom stereocenters. The molecular weight excluding hydrogens is 315 g/mol. The first-order valence-corrected chi connectivity index (χ1v) is 6.77. The standard InChI is InChI=1S/C16H11ClF3NO/c1-3-10-4-5-14(17)15(6-10)22-13-8-11(16(18,19)20)7-12(9-13)21-2/h4-9H,3H2,1H3. The second-order valence-corrected chi connectivity index (χ2v) is 4.95. The lowest BCUT2D eigenvalue weighted by molar-refractivity contribution is -0.137. The zero-order valence-electron chi connectivity index (χ0n) is 11.5. The van der Waals surface area contributed by atoms with E-state index in [0.29, 0.717) is 5.02 Å². The first-order chi connectivity index (χ1) is 10.3. The van der Waals surface area contributed by atoms with E-state index in [1.54, 1.807) is 12.1 Å². The highest BCUT2D eigenvalue weighted by Gasteiger charge is 2.31. The van der Waals surface area contributed by atoms with Crippen molar-refractivity contribution in [3.63, 3.8) is 0 Å². The second-order valence-electron chi connectivity index (χ2n) is 4.55. The van der Waals surface area contributed by atoms with Crippen LogP contribution in [0.25, 0.3) is 4.85 Å². The number of hydrogen-bond acceptors (Lipinski definition) is 1. The van der Waals surface area contributed by atoms with Crippen LogP contribution >= 0.6 is 11.6 Å². The van der Waals surface area contributed by atoms with Crippen LogP contribution in [-0.2, 0) is 12.6 Å². The van der Waals surface area contributed by atoms with Crippen molar-refractivity contribution in [1.29, 1.82) is 0 Å². The number of rotatable bonds is 3. The maximum atomic E-state index is 12.8. The summed E-state index contributed by atoms with van der Waals surface area (Å²) in [5, 5.41) is 0.291. The Morgan fingerprint density at radius 3 is 2.50 bits per heavy atom. The molecule has 0 atom stereocenters. The molecule has 114 valence electrons. The van der Waals surface area contributed by atoms with Gasteiger partial charge in [-0.1, -0.05) is 24.6 Å². The van der Waals surface area contributed by atoms with Crippen LogP contribution in [0.2, 0.25) is 5.02 Å². The molecule has 0 saturated carbocycles. The van der Waals surface area contributed by atoms with Gasteiger partial charge in [0.05, 0.1) is 11.6 Å². The molecule has 2 aromatic carbocycles. The van der Waals surface area contributed by atoms with Crippen LogP contribution in [0.5, 0.6) is 11.5 Å². The molecular formula is C16H11ClF3NO. The van der Waals surface area contributed by atoms with Gasteiger partial charge in [0.15, 0.2) is 5.69 Å². The molecule has 2 rings (SSSR count). The SMILES string of the molecule is [C-]#[N+]c1cc(Oc2cc(CC)ccc2Cl)cc(C(F)(F)F)c1. The fourth-order valence-electron chi connectivity index (χ4n) is 1.84. The Bertz CT molecular complexity index is 735. The van der Waals surface area contributed by atoms with Crippen molar-refractivity contribution in [3.05, 3.63) is 64.0 Å². The summed E-state index contributed by atoms with van der Waals surface area (Å²) in [7, 11) is 0. The van der Waals surface area contributed by atoms with Crippen molar-refractivity contribution in [3.8, 4) is 11.5 Å². The summed E-state index contributed by atoms with van der Waals surface area (Å²) < 4.78 is 44.0. The third-order valence-electron chi connectivity index (χ3n) is 2.98. The highest BCUT2D eigenvalue weighted by atomic mass is 35.5. The lowest BCUT2D eigenvalue weighted by Gasteiger charge is -2.12. The van der Waals surface area contributed by atoms with Crippen LogP contribution < -0.4 is 4.74 Å². The smallest absolute Gasteiger partial charge is 0.415 e. The van der Waals surface area contributed by atoms with E-state index >= 15 is 0 Å². The van der Waals surface area contributed by atoms with Crippen molar-refractivity contribution in [2.45, 2.75) is 19.5 Å². The Balaban J connectivity index is 2.44. The van der Waals surface area contributed by atoms with Gasteiger partial charge in [0, 0.05) is 5.56 Å². The van der Waals surface area contributed by atoms with Crippen molar-refractivity contribution in [1.82, 2.24) is 0 Å². The minimum Gasteiger partial charge on any atom is -0.457 e. The topological polar surface area (TPSA) is 13.6 Å². The van der Waals surface area contributed by atoms with E-state index in [-0.39, 0.29) is 17.2 Å². The number of nitrogens with zero attached hydrogens (tertiary/aromatic N) is 1. The number of ether oxygens (including phenoxy) is 1. The number of hydrogen-bond donors (Lipinski definition) is 0. The predicted molar refractivity (Wildman–Crippen MR) is 78.6 cm³/mol. The normalized spacial score (nSPS) is 11.1. The van der Waals surface area contributed by atoms with E-state index in [0.717, 1.165) is 24.1 Å². The van der Waals surface area contributed by atoms with Gasteiger partial charge in [-0.15, -0.1) is 0 Å². The maximum absolute atomic E-state index is 12.8. The van der Waals surface area contributed by atoms with E-state index < -0.39 is 11.7 Å². The number of benzene rings is 2.